The van der Waals surface area contributed by atoms with Crippen LogP contribution in [0.2, 0.25) is 0 Å². The molecule has 0 aliphatic heterocycles. The number of rotatable bonds is 79. The van der Waals surface area contributed by atoms with Crippen molar-refractivity contribution in [1.82, 2.24) is 0 Å². The molecule has 3 N–H and O–H groups in total. The molecule has 19 heteroatoms. The lowest BCUT2D eigenvalue weighted by molar-refractivity contribution is -0.161. The quantitative estimate of drug-likeness (QED) is 0.0169. The van der Waals surface area contributed by atoms with Crippen molar-refractivity contribution in [3.8, 4) is 0 Å². The van der Waals surface area contributed by atoms with Crippen LogP contribution in [0.4, 0.5) is 0 Å². The molecule has 0 fully saturated rings. The fraction of sp³-hybridized carbons (Fsp3) is 0.901. The number of ether oxygens (including phenoxy) is 4. The van der Waals surface area contributed by atoms with E-state index < -0.39 is 97.5 Å². The maximum Gasteiger partial charge on any atom is 0.472 e. The van der Waals surface area contributed by atoms with E-state index in [-0.39, 0.29) is 25.7 Å². The van der Waals surface area contributed by atoms with Gasteiger partial charge in [-0.1, -0.05) is 354 Å². The zero-order valence-electron chi connectivity index (χ0n) is 64.8. The Bertz CT molecular complexity index is 2000. The number of hydrogen-bond donors (Lipinski definition) is 3. The van der Waals surface area contributed by atoms with Gasteiger partial charge in [-0.05, 0) is 57.3 Å². The monoisotopic (exact) mass is 1460 g/mol. The van der Waals surface area contributed by atoms with E-state index in [9.17, 15) is 43.2 Å². The van der Waals surface area contributed by atoms with Crippen LogP contribution in [0.25, 0.3) is 0 Å². The number of carbonyl (C=O) groups is 4. The first-order valence-electron chi connectivity index (χ1n) is 41.5. The highest BCUT2D eigenvalue weighted by Gasteiger charge is 2.30. The number of hydrogen-bond acceptors (Lipinski definition) is 15. The van der Waals surface area contributed by atoms with E-state index in [1.807, 2.05) is 0 Å². The van der Waals surface area contributed by atoms with Gasteiger partial charge in [0.2, 0.25) is 0 Å². The highest BCUT2D eigenvalue weighted by Crippen LogP contribution is 2.45. The topological polar surface area (TPSA) is 237 Å². The van der Waals surface area contributed by atoms with Crippen LogP contribution in [0.5, 0.6) is 0 Å². The van der Waals surface area contributed by atoms with Crippen molar-refractivity contribution in [2.45, 2.75) is 425 Å². The van der Waals surface area contributed by atoms with Gasteiger partial charge in [-0.15, -0.1) is 0 Å². The minimum absolute atomic E-state index is 0.0857. The van der Waals surface area contributed by atoms with Crippen LogP contribution in [0, 0.1) is 5.92 Å². The third kappa shape index (κ3) is 73.8. The Morgan fingerprint density at radius 3 is 0.820 bits per heavy atom. The first-order valence-corrected chi connectivity index (χ1v) is 44.4. The molecule has 0 aromatic carbocycles. The summed E-state index contributed by atoms with van der Waals surface area (Å²) in [7, 11) is -9.93. The molecule has 17 nitrogen and oxygen atoms in total. The Labute approximate surface area is 612 Å². The summed E-state index contributed by atoms with van der Waals surface area (Å²) in [5.74, 6) is -1.35. The highest BCUT2D eigenvalue weighted by molar-refractivity contribution is 7.47. The molecule has 0 saturated heterocycles. The molecule has 5 atom stereocenters. The van der Waals surface area contributed by atoms with Crippen molar-refractivity contribution in [3.05, 3.63) is 24.3 Å². The Hall–Kier alpha value is -2.46. The van der Waals surface area contributed by atoms with Gasteiger partial charge in [-0.25, -0.2) is 9.13 Å². The molecule has 0 rings (SSSR count). The average Bonchev–Trinajstić information content (AvgIpc) is 0.961. The van der Waals surface area contributed by atoms with E-state index in [1.54, 1.807) is 0 Å². The molecular formula is C81H154O17P2. The molecule has 100 heavy (non-hydrogen) atoms. The first-order chi connectivity index (χ1) is 48.5. The van der Waals surface area contributed by atoms with Gasteiger partial charge in [0.1, 0.15) is 19.3 Å². The zero-order valence-corrected chi connectivity index (χ0v) is 66.6. The molecule has 0 aromatic heterocycles. The molecule has 590 valence electrons. The third-order valence-electron chi connectivity index (χ3n) is 18.4. The molecule has 0 saturated carbocycles. The molecule has 0 heterocycles. The Morgan fingerprint density at radius 2 is 0.540 bits per heavy atom. The highest BCUT2D eigenvalue weighted by atomic mass is 31.2. The van der Waals surface area contributed by atoms with Crippen LogP contribution < -0.4 is 0 Å². The summed E-state index contributed by atoms with van der Waals surface area (Å²) in [5.41, 5.74) is 0. The second-order valence-electron chi connectivity index (χ2n) is 29.0. The summed E-state index contributed by atoms with van der Waals surface area (Å²) in [6.45, 7) is 7.29. The van der Waals surface area contributed by atoms with Crippen LogP contribution >= 0.6 is 15.6 Å². The fourth-order valence-electron chi connectivity index (χ4n) is 12.0. The van der Waals surface area contributed by atoms with E-state index >= 15 is 0 Å². The van der Waals surface area contributed by atoms with Gasteiger partial charge in [0.05, 0.1) is 26.4 Å². The molecule has 0 spiro atoms. The summed E-state index contributed by atoms with van der Waals surface area (Å²) in [6.07, 6.45) is 67.2. The van der Waals surface area contributed by atoms with Crippen molar-refractivity contribution >= 4 is 39.5 Å². The van der Waals surface area contributed by atoms with Gasteiger partial charge in [-0.2, -0.15) is 0 Å². The standard InChI is InChI=1S/C81H154O17P2/c1-6-9-12-15-18-21-24-27-29-30-32-36-42-47-52-57-62-67-81(86)98-77(71-92-79(84)65-60-55-50-45-40-37-33-34-38-43-48-53-58-63-74(4)5)73-96-100(89,90)94-69-75(82)68-93-99(87,88)95-72-76(70-91-78(83)64-59-54-49-44-39-26-23-20-17-14-11-8-3)97-80(85)66-61-56-51-46-41-35-31-28-25-22-19-16-13-10-7-2/h22,25,28,31,74-77,82H,6-21,23-24,26-27,29-30,32-73H2,1-5H3,(H,87,88)(H,89,90)/b25-22-,31-28-/t75-,76+,77+/m0/s1. The lowest BCUT2D eigenvalue weighted by Crippen LogP contribution is -2.30. The van der Waals surface area contributed by atoms with Crippen molar-refractivity contribution in [3.63, 3.8) is 0 Å². The molecule has 0 radical (unpaired) electrons. The van der Waals surface area contributed by atoms with Crippen molar-refractivity contribution in [2.24, 2.45) is 5.92 Å². The van der Waals surface area contributed by atoms with Gasteiger partial charge in [0.15, 0.2) is 12.2 Å². The maximum absolute atomic E-state index is 13.1. The summed E-state index contributed by atoms with van der Waals surface area (Å²) in [6, 6.07) is 0. The minimum atomic E-state index is -4.97. The number of aliphatic hydroxyl groups excluding tert-OH is 1. The smallest absolute Gasteiger partial charge is 0.462 e. The zero-order chi connectivity index (χ0) is 73.4. The molecule has 0 aliphatic carbocycles. The number of aliphatic hydroxyl groups is 1. The molecule has 0 bridgehead atoms. The average molecular weight is 1460 g/mol. The third-order valence-corrected chi connectivity index (χ3v) is 20.3. The van der Waals surface area contributed by atoms with Crippen LogP contribution in [0.3, 0.4) is 0 Å². The molecular weight excluding hydrogens is 1310 g/mol. The number of phosphoric acid groups is 2. The van der Waals surface area contributed by atoms with E-state index in [0.29, 0.717) is 25.7 Å². The van der Waals surface area contributed by atoms with Crippen LogP contribution in [0.1, 0.15) is 407 Å². The number of phosphoric ester groups is 2. The van der Waals surface area contributed by atoms with Crippen molar-refractivity contribution in [1.29, 1.82) is 0 Å². The predicted octanol–water partition coefficient (Wildman–Crippen LogP) is 24.0. The summed E-state index contributed by atoms with van der Waals surface area (Å²) in [5, 5.41) is 10.6. The van der Waals surface area contributed by atoms with Crippen LogP contribution in [-0.4, -0.2) is 96.7 Å². The van der Waals surface area contributed by atoms with Gasteiger partial charge in [0, 0.05) is 25.7 Å². The van der Waals surface area contributed by atoms with Crippen LogP contribution in [-0.2, 0) is 65.4 Å². The Balaban J connectivity index is 5.29. The van der Waals surface area contributed by atoms with E-state index in [0.717, 1.165) is 109 Å². The Kier molecular flexibility index (Phi) is 71.6. The van der Waals surface area contributed by atoms with Crippen molar-refractivity contribution < 1.29 is 80.2 Å². The van der Waals surface area contributed by atoms with E-state index in [4.69, 9.17) is 37.0 Å². The normalized spacial score (nSPS) is 14.0. The molecule has 0 aromatic rings. The fourth-order valence-corrected chi connectivity index (χ4v) is 13.6. The van der Waals surface area contributed by atoms with Gasteiger partial charge < -0.3 is 33.8 Å². The second kappa shape index (κ2) is 73.4. The van der Waals surface area contributed by atoms with Gasteiger partial charge >= 0.3 is 39.5 Å². The maximum atomic E-state index is 13.1. The van der Waals surface area contributed by atoms with E-state index in [1.165, 1.54) is 218 Å². The lowest BCUT2D eigenvalue weighted by atomic mass is 10.0. The van der Waals surface area contributed by atoms with Gasteiger partial charge in [-0.3, -0.25) is 37.3 Å². The lowest BCUT2D eigenvalue weighted by Gasteiger charge is -2.21. The van der Waals surface area contributed by atoms with Gasteiger partial charge in [0.25, 0.3) is 0 Å². The minimum Gasteiger partial charge on any atom is -0.462 e. The number of allylic oxidation sites excluding steroid dienone is 4. The summed E-state index contributed by atoms with van der Waals surface area (Å²) < 4.78 is 68.7. The second-order valence-corrected chi connectivity index (χ2v) is 31.9. The molecule has 2 unspecified atom stereocenters. The first kappa shape index (κ1) is 97.5. The summed E-state index contributed by atoms with van der Waals surface area (Å²) in [4.78, 5) is 73.0. The number of esters is 4. The Morgan fingerprint density at radius 1 is 0.310 bits per heavy atom. The molecule has 0 amide bonds. The summed E-state index contributed by atoms with van der Waals surface area (Å²) >= 11 is 0. The predicted molar refractivity (Wildman–Crippen MR) is 409 cm³/mol. The van der Waals surface area contributed by atoms with E-state index in [2.05, 4.69) is 58.9 Å². The van der Waals surface area contributed by atoms with Crippen LogP contribution in [0.15, 0.2) is 24.3 Å². The SMILES string of the molecule is CCCCCC/C=C\C=C/CCCCCCCC(=O)O[C@H](COC(=O)CCCCCCCCCCCCCC)COP(=O)(O)OC[C@H](O)COP(=O)(O)OC[C@@H](COC(=O)CCCCCCCCCCCCCCCC(C)C)OC(=O)CCCCCCCCCCCCCCCCCCC. The number of unbranched alkanes of at least 4 members (excludes halogenated alkanes) is 48. The van der Waals surface area contributed by atoms with Crippen molar-refractivity contribution in [2.75, 3.05) is 39.6 Å². The molecule has 0 aliphatic rings. The number of carbonyl (C=O) groups excluding carboxylic acids is 4. The largest absolute Gasteiger partial charge is 0.472 e.